The predicted molar refractivity (Wildman–Crippen MR) is 92.3 cm³/mol. The summed E-state index contributed by atoms with van der Waals surface area (Å²) < 4.78 is 5.16. The smallest absolute Gasteiger partial charge is 0.255 e. The lowest BCUT2D eigenvalue weighted by atomic mass is 10.0. The second kappa shape index (κ2) is 6.25. The van der Waals surface area contributed by atoms with Gasteiger partial charge in [0.05, 0.1) is 12.8 Å². The number of imide groups is 1. The minimum atomic E-state index is -0.606. The minimum absolute atomic E-state index is 0.181. The molecule has 26 heavy (non-hydrogen) atoms. The summed E-state index contributed by atoms with van der Waals surface area (Å²) in [6, 6.07) is 10.4. The lowest BCUT2D eigenvalue weighted by Gasteiger charge is -2.29. The molecule has 1 aromatic carbocycles. The number of carbonyl (C=O) groups is 3. The molecule has 1 fully saturated rings. The summed E-state index contributed by atoms with van der Waals surface area (Å²) in [4.78, 5) is 42.1. The van der Waals surface area contributed by atoms with Gasteiger partial charge in [0.25, 0.3) is 5.91 Å². The largest absolute Gasteiger partial charge is 0.481 e. The zero-order valence-electron chi connectivity index (χ0n) is 14.2. The van der Waals surface area contributed by atoms with Gasteiger partial charge in [-0.1, -0.05) is 12.1 Å². The van der Waals surface area contributed by atoms with E-state index in [0.29, 0.717) is 24.4 Å². The normalized spacial score (nSPS) is 19.3. The average Bonchev–Trinajstić information content (AvgIpc) is 2.98. The Morgan fingerprint density at radius 1 is 1.19 bits per heavy atom. The van der Waals surface area contributed by atoms with Crippen LogP contribution in [0.1, 0.15) is 28.8 Å². The third-order valence-corrected chi connectivity index (χ3v) is 4.75. The summed E-state index contributed by atoms with van der Waals surface area (Å²) in [6.07, 6.45) is 0.601. The highest BCUT2D eigenvalue weighted by atomic mass is 16.5. The van der Waals surface area contributed by atoms with Crippen molar-refractivity contribution in [2.75, 3.05) is 7.11 Å². The monoisotopic (exact) mass is 351 g/mol. The van der Waals surface area contributed by atoms with Gasteiger partial charge >= 0.3 is 0 Å². The van der Waals surface area contributed by atoms with E-state index in [1.54, 1.807) is 19.2 Å². The molecule has 2 aromatic rings. The number of aromatic nitrogens is 1. The van der Waals surface area contributed by atoms with E-state index in [4.69, 9.17) is 4.74 Å². The Hall–Kier alpha value is -3.22. The molecule has 7 heteroatoms. The van der Waals surface area contributed by atoms with Crippen molar-refractivity contribution in [3.05, 3.63) is 47.5 Å². The van der Waals surface area contributed by atoms with Gasteiger partial charge in [0, 0.05) is 30.2 Å². The molecule has 1 saturated heterocycles. The number of nitrogens with zero attached hydrogens (tertiary/aromatic N) is 2. The van der Waals surface area contributed by atoms with Gasteiger partial charge in [-0.15, -0.1) is 0 Å². The van der Waals surface area contributed by atoms with Crippen LogP contribution in [0.5, 0.6) is 5.88 Å². The van der Waals surface area contributed by atoms with Crippen LogP contribution in [0.4, 0.5) is 0 Å². The lowest BCUT2D eigenvalue weighted by molar-refractivity contribution is -0.136. The van der Waals surface area contributed by atoms with Gasteiger partial charge in [-0.05, 0) is 30.2 Å². The molecule has 132 valence electrons. The molecule has 0 aliphatic carbocycles. The third kappa shape index (κ3) is 2.71. The first-order valence-corrected chi connectivity index (χ1v) is 8.36. The number of pyridine rings is 1. The van der Waals surface area contributed by atoms with Gasteiger partial charge in [-0.3, -0.25) is 19.7 Å². The second-order valence-electron chi connectivity index (χ2n) is 6.34. The number of hydrogen-bond acceptors (Lipinski definition) is 5. The number of benzene rings is 1. The topological polar surface area (TPSA) is 88.6 Å². The molecular weight excluding hydrogens is 334 g/mol. The molecule has 1 aromatic heterocycles. The van der Waals surface area contributed by atoms with Crippen LogP contribution in [0.15, 0.2) is 36.4 Å². The average molecular weight is 351 g/mol. The summed E-state index contributed by atoms with van der Waals surface area (Å²) in [5, 5.41) is 2.31. The van der Waals surface area contributed by atoms with Crippen molar-refractivity contribution in [3.63, 3.8) is 0 Å². The van der Waals surface area contributed by atoms with Crippen LogP contribution in [0.2, 0.25) is 0 Å². The summed E-state index contributed by atoms with van der Waals surface area (Å²) in [6.45, 7) is 0.345. The number of amides is 3. The van der Waals surface area contributed by atoms with Gasteiger partial charge in [0.2, 0.25) is 17.7 Å². The number of nitrogens with one attached hydrogen (secondary N) is 1. The van der Waals surface area contributed by atoms with E-state index in [1.807, 2.05) is 24.3 Å². The molecule has 7 nitrogen and oxygen atoms in total. The summed E-state index contributed by atoms with van der Waals surface area (Å²) in [5.74, 6) is -0.359. The van der Waals surface area contributed by atoms with Crippen LogP contribution >= 0.6 is 0 Å². The van der Waals surface area contributed by atoms with Gasteiger partial charge in [0.15, 0.2) is 0 Å². The van der Waals surface area contributed by atoms with Crippen LogP contribution in [-0.2, 0) is 16.1 Å². The fourth-order valence-corrected chi connectivity index (χ4v) is 3.42. The van der Waals surface area contributed by atoms with Crippen LogP contribution < -0.4 is 10.1 Å². The second-order valence-corrected chi connectivity index (χ2v) is 6.34. The maximum atomic E-state index is 12.7. The summed E-state index contributed by atoms with van der Waals surface area (Å²) in [7, 11) is 1.56. The number of rotatable bonds is 3. The summed E-state index contributed by atoms with van der Waals surface area (Å²) in [5.41, 5.74) is 3.06. The molecule has 2 aliphatic heterocycles. The molecule has 3 heterocycles. The highest BCUT2D eigenvalue weighted by molar-refractivity contribution is 6.05. The first kappa shape index (κ1) is 16.3. The first-order chi connectivity index (χ1) is 12.6. The van der Waals surface area contributed by atoms with Gasteiger partial charge in [-0.25, -0.2) is 4.98 Å². The number of methoxy groups -OCH3 is 1. The minimum Gasteiger partial charge on any atom is -0.481 e. The number of hydrogen-bond donors (Lipinski definition) is 1. The van der Waals surface area contributed by atoms with Crippen molar-refractivity contribution in [1.82, 2.24) is 15.2 Å². The third-order valence-electron chi connectivity index (χ3n) is 4.75. The fraction of sp³-hybridized carbons (Fsp3) is 0.263. The fourth-order valence-electron chi connectivity index (χ4n) is 3.42. The number of carbonyl (C=O) groups excluding carboxylic acids is 3. The van der Waals surface area contributed by atoms with Crippen molar-refractivity contribution >= 4 is 17.7 Å². The van der Waals surface area contributed by atoms with Gasteiger partial charge < -0.3 is 9.64 Å². The van der Waals surface area contributed by atoms with Crippen LogP contribution in [0, 0.1) is 0 Å². The molecule has 1 atom stereocenters. The molecular formula is C19H17N3O4. The zero-order chi connectivity index (χ0) is 18.3. The lowest BCUT2D eigenvalue weighted by Crippen LogP contribution is -2.52. The Morgan fingerprint density at radius 2 is 2.04 bits per heavy atom. The van der Waals surface area contributed by atoms with E-state index < -0.39 is 11.9 Å². The predicted octanol–water partition coefficient (Wildman–Crippen LogP) is 1.52. The van der Waals surface area contributed by atoms with E-state index in [2.05, 4.69) is 10.3 Å². The molecule has 1 unspecified atom stereocenters. The first-order valence-electron chi connectivity index (χ1n) is 8.36. The van der Waals surface area contributed by atoms with E-state index in [9.17, 15) is 14.4 Å². The van der Waals surface area contributed by atoms with Crippen LogP contribution in [-0.4, -0.2) is 40.8 Å². The highest BCUT2D eigenvalue weighted by Crippen LogP contribution is 2.31. The zero-order valence-corrected chi connectivity index (χ0v) is 14.2. The van der Waals surface area contributed by atoms with E-state index in [0.717, 1.165) is 16.8 Å². The Bertz CT molecular complexity index is 925. The Kier molecular flexibility index (Phi) is 3.91. The molecule has 1 N–H and O–H groups in total. The molecule has 4 rings (SSSR count). The Balaban J connectivity index is 1.62. The van der Waals surface area contributed by atoms with E-state index in [-0.39, 0.29) is 18.2 Å². The molecule has 0 radical (unpaired) electrons. The molecule has 0 bridgehead atoms. The van der Waals surface area contributed by atoms with E-state index in [1.165, 1.54) is 4.90 Å². The van der Waals surface area contributed by atoms with Crippen molar-refractivity contribution in [2.24, 2.45) is 0 Å². The van der Waals surface area contributed by atoms with Crippen molar-refractivity contribution in [1.29, 1.82) is 0 Å². The molecule has 2 aliphatic rings. The van der Waals surface area contributed by atoms with Gasteiger partial charge in [0.1, 0.15) is 6.04 Å². The highest BCUT2D eigenvalue weighted by Gasteiger charge is 2.39. The Labute approximate surface area is 150 Å². The summed E-state index contributed by atoms with van der Waals surface area (Å²) >= 11 is 0. The standard InChI is InChI=1S/C19H17N3O4/c1-26-17-4-2-3-14(20-17)11-5-6-13-12(9-11)10-22(19(13)25)15-7-8-16(23)21-18(15)24/h2-6,9,15H,7-8,10H2,1H3,(H,21,23,24). The SMILES string of the molecule is COc1cccc(-c2ccc3c(c2)CN(C2CCC(=O)NC2=O)C3=O)n1. The quantitative estimate of drug-likeness (QED) is 0.847. The van der Waals surface area contributed by atoms with Crippen LogP contribution in [0.25, 0.3) is 11.3 Å². The number of ether oxygens (including phenoxy) is 1. The molecule has 0 spiro atoms. The molecule has 3 amide bonds. The van der Waals surface area contributed by atoms with E-state index >= 15 is 0 Å². The van der Waals surface area contributed by atoms with Crippen molar-refractivity contribution in [2.45, 2.75) is 25.4 Å². The maximum absolute atomic E-state index is 12.7. The maximum Gasteiger partial charge on any atom is 0.255 e. The van der Waals surface area contributed by atoms with Crippen molar-refractivity contribution in [3.8, 4) is 17.1 Å². The van der Waals surface area contributed by atoms with Crippen molar-refractivity contribution < 1.29 is 19.1 Å². The number of piperidine rings is 1. The molecule has 0 saturated carbocycles. The number of fused-ring (bicyclic) bond motifs is 1. The van der Waals surface area contributed by atoms with Gasteiger partial charge in [-0.2, -0.15) is 0 Å². The Morgan fingerprint density at radius 3 is 2.81 bits per heavy atom. The van der Waals surface area contributed by atoms with Crippen LogP contribution in [0.3, 0.4) is 0 Å².